The fourth-order valence-electron chi connectivity index (χ4n) is 5.49. The molecule has 1 aromatic carbocycles. The maximum absolute atomic E-state index is 14.5. The van der Waals surface area contributed by atoms with Gasteiger partial charge >= 0.3 is 0 Å². The molecule has 0 spiro atoms. The summed E-state index contributed by atoms with van der Waals surface area (Å²) in [6.45, 7) is 4.45. The Kier molecular flexibility index (Phi) is 3.81. The first-order valence-corrected chi connectivity index (χ1v) is 9.98. The van der Waals surface area contributed by atoms with E-state index in [-0.39, 0.29) is 16.9 Å². The molecule has 0 radical (unpaired) electrons. The summed E-state index contributed by atoms with van der Waals surface area (Å²) < 4.78 is 14.5. The Balaban J connectivity index is 1.74. The van der Waals surface area contributed by atoms with Crippen molar-refractivity contribution < 1.29 is 4.39 Å². The molecule has 2 aliphatic rings. The van der Waals surface area contributed by atoms with Gasteiger partial charge in [-0.15, -0.1) is 0 Å². The molecular weight excluding hydrogens is 387 g/mol. The fraction of sp³-hybridized carbons (Fsp3) is 0.304. The summed E-state index contributed by atoms with van der Waals surface area (Å²) in [6, 6.07) is 14.3. The minimum absolute atomic E-state index is 0.150. The van der Waals surface area contributed by atoms with Gasteiger partial charge in [-0.1, -0.05) is 37.6 Å². The Bertz CT molecular complexity index is 1180. The van der Waals surface area contributed by atoms with Gasteiger partial charge in [0.05, 0.1) is 33.1 Å². The van der Waals surface area contributed by atoms with Crippen LogP contribution < -0.4 is 0 Å². The van der Waals surface area contributed by atoms with Gasteiger partial charge in [0.25, 0.3) is 0 Å². The van der Waals surface area contributed by atoms with Crippen LogP contribution in [0.15, 0.2) is 42.5 Å². The third kappa shape index (κ3) is 2.27. The lowest BCUT2D eigenvalue weighted by Crippen LogP contribution is -2.37. The van der Waals surface area contributed by atoms with Gasteiger partial charge in [0.2, 0.25) is 0 Å². The van der Waals surface area contributed by atoms with E-state index in [0.717, 1.165) is 29.8 Å². The van der Waals surface area contributed by atoms with E-state index in [1.54, 1.807) is 18.2 Å². The second kappa shape index (κ2) is 6.08. The number of nitrogens with zero attached hydrogens (tertiary/aromatic N) is 4. The topological polar surface area (TPSA) is 62.5 Å². The van der Waals surface area contributed by atoms with Crippen LogP contribution in [0.3, 0.4) is 0 Å². The molecule has 29 heavy (non-hydrogen) atoms. The van der Waals surface area contributed by atoms with Crippen LogP contribution in [0, 0.1) is 22.6 Å². The number of halogens is 2. The number of nitriles is 1. The Morgan fingerprint density at radius 3 is 2.72 bits per heavy atom. The van der Waals surface area contributed by atoms with E-state index in [1.165, 1.54) is 6.07 Å². The summed E-state index contributed by atoms with van der Waals surface area (Å²) >= 11 is 6.26. The van der Waals surface area contributed by atoms with Crippen molar-refractivity contribution in [3.63, 3.8) is 0 Å². The first-order valence-electron chi connectivity index (χ1n) is 9.60. The minimum atomic E-state index is -0.412. The van der Waals surface area contributed by atoms with Crippen molar-refractivity contribution in [2.75, 3.05) is 0 Å². The highest BCUT2D eigenvalue weighted by molar-refractivity contribution is 6.33. The molecule has 0 N–H and O–H groups in total. The second-order valence-electron chi connectivity index (χ2n) is 8.37. The van der Waals surface area contributed by atoms with Crippen LogP contribution >= 0.6 is 11.6 Å². The van der Waals surface area contributed by atoms with E-state index >= 15 is 0 Å². The van der Waals surface area contributed by atoms with Crippen molar-refractivity contribution >= 4 is 11.6 Å². The number of fused-ring (bicyclic) bond motifs is 5. The number of hydrogen-bond donors (Lipinski definition) is 0. The van der Waals surface area contributed by atoms with E-state index < -0.39 is 11.2 Å². The summed E-state index contributed by atoms with van der Waals surface area (Å²) in [5, 5.41) is 18.6. The lowest BCUT2D eigenvalue weighted by molar-refractivity contribution is 0.243. The van der Waals surface area contributed by atoms with Gasteiger partial charge in [0, 0.05) is 0 Å². The van der Waals surface area contributed by atoms with E-state index in [2.05, 4.69) is 35.1 Å². The minimum Gasteiger partial charge on any atom is -0.241 e. The number of aromatic nitrogens is 3. The third-order valence-electron chi connectivity index (χ3n) is 6.90. The highest BCUT2D eigenvalue weighted by Gasteiger charge is 2.65. The molecule has 2 aliphatic carbocycles. The van der Waals surface area contributed by atoms with Gasteiger partial charge in [-0.2, -0.15) is 15.5 Å². The van der Waals surface area contributed by atoms with Crippen LogP contribution in [0.1, 0.15) is 55.3 Å². The SMILES string of the molecule is CC1(C)[C@H]2CC[C@@]1(c1cccc(C#N)n1)c1nnc(-c3c(F)cccc3Cl)cc12. The molecule has 6 heteroatoms. The summed E-state index contributed by atoms with van der Waals surface area (Å²) in [7, 11) is 0. The van der Waals surface area contributed by atoms with Crippen LogP contribution in [0.2, 0.25) is 5.02 Å². The molecule has 1 saturated carbocycles. The lowest BCUT2D eigenvalue weighted by Gasteiger charge is -2.37. The van der Waals surface area contributed by atoms with Gasteiger partial charge in [-0.3, -0.25) is 0 Å². The van der Waals surface area contributed by atoms with E-state index in [4.69, 9.17) is 11.6 Å². The maximum Gasteiger partial charge on any atom is 0.140 e. The highest BCUT2D eigenvalue weighted by atomic mass is 35.5. The van der Waals surface area contributed by atoms with Gasteiger partial charge in [-0.05, 0) is 60.1 Å². The van der Waals surface area contributed by atoms with Crippen molar-refractivity contribution in [1.82, 2.24) is 15.2 Å². The second-order valence-corrected chi connectivity index (χ2v) is 8.78. The molecule has 2 heterocycles. The normalized spacial score (nSPS) is 23.6. The van der Waals surface area contributed by atoms with E-state index in [1.807, 2.05) is 18.2 Å². The maximum atomic E-state index is 14.5. The average Bonchev–Trinajstić information content (AvgIpc) is 3.09. The van der Waals surface area contributed by atoms with Crippen LogP contribution in [0.4, 0.5) is 4.39 Å². The predicted octanol–water partition coefficient (Wildman–Crippen LogP) is 5.41. The Labute approximate surface area is 173 Å². The quantitative estimate of drug-likeness (QED) is 0.573. The lowest BCUT2D eigenvalue weighted by atomic mass is 9.66. The van der Waals surface area contributed by atoms with E-state index in [9.17, 15) is 9.65 Å². The first kappa shape index (κ1) is 18.2. The van der Waals surface area contributed by atoms with Crippen LogP contribution in [-0.2, 0) is 5.41 Å². The van der Waals surface area contributed by atoms with E-state index in [0.29, 0.717) is 16.4 Å². The van der Waals surface area contributed by atoms with Crippen LogP contribution in [-0.4, -0.2) is 15.2 Å². The summed E-state index contributed by atoms with van der Waals surface area (Å²) in [5.74, 6) is -0.155. The smallest absolute Gasteiger partial charge is 0.140 e. The highest BCUT2D eigenvalue weighted by Crippen LogP contribution is 2.69. The molecule has 4 nitrogen and oxygen atoms in total. The number of hydrogen-bond acceptors (Lipinski definition) is 4. The molecule has 1 fully saturated rings. The fourth-order valence-corrected chi connectivity index (χ4v) is 5.75. The Morgan fingerprint density at radius 1 is 1.17 bits per heavy atom. The zero-order valence-electron chi connectivity index (χ0n) is 16.1. The van der Waals surface area contributed by atoms with Crippen LogP contribution in [0.25, 0.3) is 11.3 Å². The van der Waals surface area contributed by atoms with Crippen LogP contribution in [0.5, 0.6) is 0 Å². The van der Waals surface area contributed by atoms with Crippen molar-refractivity contribution in [3.05, 3.63) is 75.9 Å². The third-order valence-corrected chi connectivity index (χ3v) is 7.22. The van der Waals surface area contributed by atoms with Gasteiger partial charge in [0.15, 0.2) is 0 Å². The molecule has 3 aromatic rings. The summed E-state index contributed by atoms with van der Waals surface area (Å²) in [6.07, 6.45) is 1.88. The zero-order chi connectivity index (χ0) is 20.4. The van der Waals surface area contributed by atoms with Gasteiger partial charge in [-0.25, -0.2) is 9.37 Å². The molecule has 0 unspecified atom stereocenters. The zero-order valence-corrected chi connectivity index (χ0v) is 16.8. The molecule has 2 bridgehead atoms. The molecule has 5 rings (SSSR count). The molecule has 2 atom stereocenters. The number of pyridine rings is 1. The predicted molar refractivity (Wildman–Crippen MR) is 108 cm³/mol. The Hall–Kier alpha value is -2.84. The summed E-state index contributed by atoms with van der Waals surface area (Å²) in [5.41, 5.74) is 3.38. The average molecular weight is 405 g/mol. The molecular formula is C23H18ClFN4. The molecule has 144 valence electrons. The van der Waals surface area contributed by atoms with Crippen molar-refractivity contribution in [2.24, 2.45) is 5.41 Å². The number of benzene rings is 1. The Morgan fingerprint density at radius 2 is 1.97 bits per heavy atom. The first-order chi connectivity index (χ1) is 13.9. The standard InChI is InChI=1S/C23H18ClFN4/c1-22(2)15-9-10-23(22,19-8-3-5-13(12-26)27-19)21-14(15)11-18(28-29-21)20-16(24)6-4-7-17(20)25/h3-8,11,15H,9-10H2,1-2H3/t15-,23+/m0/s1. The largest absolute Gasteiger partial charge is 0.241 e. The summed E-state index contributed by atoms with van der Waals surface area (Å²) in [4.78, 5) is 4.64. The molecule has 0 amide bonds. The van der Waals surface area contributed by atoms with Crippen molar-refractivity contribution in [2.45, 2.75) is 38.0 Å². The molecule has 0 saturated heterocycles. The molecule has 0 aliphatic heterocycles. The van der Waals surface area contributed by atoms with Crippen molar-refractivity contribution in [3.8, 4) is 17.3 Å². The van der Waals surface area contributed by atoms with Gasteiger partial charge < -0.3 is 0 Å². The monoisotopic (exact) mass is 404 g/mol. The van der Waals surface area contributed by atoms with Crippen molar-refractivity contribution in [1.29, 1.82) is 5.26 Å². The molecule has 2 aromatic heterocycles. The van der Waals surface area contributed by atoms with Gasteiger partial charge in [0.1, 0.15) is 17.6 Å². The number of rotatable bonds is 2.